The van der Waals surface area contributed by atoms with E-state index in [1.165, 1.54) is 0 Å². The largest absolute Gasteiger partial charge is 0.317 e. The van der Waals surface area contributed by atoms with Crippen molar-refractivity contribution < 1.29 is 4.79 Å². The van der Waals surface area contributed by atoms with E-state index in [0.717, 1.165) is 12.0 Å². The van der Waals surface area contributed by atoms with Gasteiger partial charge in [0.15, 0.2) is 0 Å². The molecule has 0 radical (unpaired) electrons. The molecule has 0 aliphatic carbocycles. The van der Waals surface area contributed by atoms with E-state index in [1.807, 2.05) is 6.92 Å². The molecule has 0 saturated carbocycles. The summed E-state index contributed by atoms with van der Waals surface area (Å²) in [6.45, 7) is 1.95. The molecule has 1 aromatic carbocycles. The van der Waals surface area contributed by atoms with Crippen LogP contribution in [0.15, 0.2) is 24.3 Å². The summed E-state index contributed by atoms with van der Waals surface area (Å²) in [5.74, 6) is -0.0440. The Labute approximate surface area is 99.6 Å². The minimum atomic E-state index is -0.0440. The van der Waals surface area contributed by atoms with Gasteiger partial charge in [-0.1, -0.05) is 42.9 Å². The predicted molar refractivity (Wildman–Crippen MR) is 66.2 cm³/mol. The van der Waals surface area contributed by atoms with Crippen molar-refractivity contribution in [3.05, 3.63) is 34.9 Å². The van der Waals surface area contributed by atoms with E-state index in [0.29, 0.717) is 16.4 Å². The van der Waals surface area contributed by atoms with Gasteiger partial charge in [-0.05, 0) is 18.6 Å². The van der Waals surface area contributed by atoms with Crippen LogP contribution in [0.1, 0.15) is 25.3 Å². The normalized spacial score (nSPS) is 9.73. The van der Waals surface area contributed by atoms with Crippen molar-refractivity contribution in [2.75, 3.05) is 0 Å². The summed E-state index contributed by atoms with van der Waals surface area (Å²) in [5, 5.41) is 3.32. The van der Waals surface area contributed by atoms with Gasteiger partial charge < -0.3 is 5.32 Å². The molecule has 0 aromatic heterocycles. The standard InChI is InChI=1S/C11H12ClNOS/c1-2-3-10(14)13-11(15)8-4-6-9(12)7-5-8/h4-7H,2-3H2,1H3,(H,13,14,15). The fourth-order valence-corrected chi connectivity index (χ4v) is 1.47. The molecule has 1 rings (SSSR count). The van der Waals surface area contributed by atoms with Gasteiger partial charge >= 0.3 is 0 Å². The fourth-order valence-electron chi connectivity index (χ4n) is 1.09. The van der Waals surface area contributed by atoms with Crippen molar-refractivity contribution in [2.24, 2.45) is 0 Å². The highest BCUT2D eigenvalue weighted by molar-refractivity contribution is 7.80. The molecular formula is C11H12ClNOS. The predicted octanol–water partition coefficient (Wildman–Crippen LogP) is 2.93. The van der Waals surface area contributed by atoms with Crippen molar-refractivity contribution in [2.45, 2.75) is 19.8 Å². The van der Waals surface area contributed by atoms with Gasteiger partial charge in [0.05, 0.1) is 0 Å². The Morgan fingerprint density at radius 2 is 2.00 bits per heavy atom. The Balaban J connectivity index is 2.61. The zero-order chi connectivity index (χ0) is 11.3. The Kier molecular flexibility index (Phi) is 4.72. The molecule has 0 spiro atoms. The maximum Gasteiger partial charge on any atom is 0.224 e. The van der Waals surface area contributed by atoms with Crippen LogP contribution < -0.4 is 5.32 Å². The first-order chi connectivity index (χ1) is 7.13. The third-order valence-corrected chi connectivity index (χ3v) is 2.43. The second-order valence-electron chi connectivity index (χ2n) is 3.13. The molecule has 0 heterocycles. The number of amides is 1. The van der Waals surface area contributed by atoms with Crippen LogP contribution in [0.25, 0.3) is 0 Å². The van der Waals surface area contributed by atoms with Crippen molar-refractivity contribution in [3.63, 3.8) is 0 Å². The number of benzene rings is 1. The molecule has 0 aliphatic heterocycles. The first kappa shape index (κ1) is 12.1. The Morgan fingerprint density at radius 3 is 2.53 bits per heavy atom. The lowest BCUT2D eigenvalue weighted by atomic mass is 10.2. The van der Waals surface area contributed by atoms with E-state index in [2.05, 4.69) is 5.32 Å². The summed E-state index contributed by atoms with van der Waals surface area (Å²) in [6.07, 6.45) is 1.31. The van der Waals surface area contributed by atoms with Crippen LogP contribution in [0.3, 0.4) is 0 Å². The van der Waals surface area contributed by atoms with Crippen molar-refractivity contribution in [3.8, 4) is 0 Å². The van der Waals surface area contributed by atoms with Gasteiger partial charge in [0.1, 0.15) is 4.99 Å². The second kappa shape index (κ2) is 5.83. The van der Waals surface area contributed by atoms with Crippen LogP contribution in [0, 0.1) is 0 Å². The molecular weight excluding hydrogens is 230 g/mol. The Hall–Kier alpha value is -0.930. The van der Waals surface area contributed by atoms with Crippen LogP contribution in [-0.4, -0.2) is 10.9 Å². The molecule has 1 aromatic rings. The zero-order valence-corrected chi connectivity index (χ0v) is 9.99. The third-order valence-electron chi connectivity index (χ3n) is 1.84. The molecule has 0 atom stereocenters. The summed E-state index contributed by atoms with van der Waals surface area (Å²) >= 11 is 10.8. The van der Waals surface area contributed by atoms with Crippen LogP contribution in [0.2, 0.25) is 5.02 Å². The van der Waals surface area contributed by atoms with Gasteiger partial charge in [-0.3, -0.25) is 4.79 Å². The number of hydrogen-bond donors (Lipinski definition) is 1. The molecule has 1 amide bonds. The minimum absolute atomic E-state index is 0.0440. The molecule has 0 saturated heterocycles. The lowest BCUT2D eigenvalue weighted by molar-refractivity contribution is -0.119. The van der Waals surface area contributed by atoms with Gasteiger partial charge in [0.2, 0.25) is 5.91 Å². The molecule has 1 N–H and O–H groups in total. The quantitative estimate of drug-likeness (QED) is 0.825. The van der Waals surface area contributed by atoms with Crippen LogP contribution in [-0.2, 0) is 4.79 Å². The van der Waals surface area contributed by atoms with Crippen molar-refractivity contribution in [1.29, 1.82) is 0 Å². The molecule has 4 heteroatoms. The molecule has 0 bridgehead atoms. The molecule has 0 aliphatic rings. The highest BCUT2D eigenvalue weighted by atomic mass is 35.5. The van der Waals surface area contributed by atoms with E-state index >= 15 is 0 Å². The van der Waals surface area contributed by atoms with Crippen molar-refractivity contribution >= 4 is 34.7 Å². The SMILES string of the molecule is CCCC(=O)NC(=S)c1ccc(Cl)cc1. The number of hydrogen-bond acceptors (Lipinski definition) is 2. The summed E-state index contributed by atoms with van der Waals surface area (Å²) in [4.78, 5) is 11.7. The summed E-state index contributed by atoms with van der Waals surface area (Å²) < 4.78 is 0. The van der Waals surface area contributed by atoms with Gasteiger partial charge in [-0.2, -0.15) is 0 Å². The number of thiocarbonyl (C=S) groups is 1. The first-order valence-electron chi connectivity index (χ1n) is 4.73. The van der Waals surface area contributed by atoms with E-state index in [4.69, 9.17) is 23.8 Å². The zero-order valence-electron chi connectivity index (χ0n) is 8.42. The summed E-state index contributed by atoms with van der Waals surface area (Å²) in [5.41, 5.74) is 0.804. The maximum absolute atomic E-state index is 11.3. The third kappa shape index (κ3) is 3.98. The fraction of sp³-hybridized carbons (Fsp3) is 0.273. The van der Waals surface area contributed by atoms with E-state index < -0.39 is 0 Å². The smallest absolute Gasteiger partial charge is 0.224 e. The number of carbonyl (C=O) groups is 1. The molecule has 0 unspecified atom stereocenters. The Bertz CT molecular complexity index is 361. The summed E-state index contributed by atoms with van der Waals surface area (Å²) in [6, 6.07) is 7.07. The van der Waals surface area contributed by atoms with Crippen LogP contribution >= 0.6 is 23.8 Å². The first-order valence-corrected chi connectivity index (χ1v) is 5.52. The topological polar surface area (TPSA) is 29.1 Å². The average Bonchev–Trinajstić information content (AvgIpc) is 2.18. The summed E-state index contributed by atoms with van der Waals surface area (Å²) in [7, 11) is 0. The minimum Gasteiger partial charge on any atom is -0.317 e. The van der Waals surface area contributed by atoms with Gasteiger partial charge in [-0.15, -0.1) is 0 Å². The van der Waals surface area contributed by atoms with Gasteiger partial charge in [0.25, 0.3) is 0 Å². The van der Waals surface area contributed by atoms with E-state index in [1.54, 1.807) is 24.3 Å². The second-order valence-corrected chi connectivity index (χ2v) is 3.98. The Morgan fingerprint density at radius 1 is 1.40 bits per heavy atom. The monoisotopic (exact) mass is 241 g/mol. The van der Waals surface area contributed by atoms with Crippen LogP contribution in [0.5, 0.6) is 0 Å². The number of rotatable bonds is 3. The maximum atomic E-state index is 11.3. The number of carbonyl (C=O) groups excluding carboxylic acids is 1. The molecule has 2 nitrogen and oxygen atoms in total. The van der Waals surface area contributed by atoms with Gasteiger partial charge in [0, 0.05) is 17.0 Å². The van der Waals surface area contributed by atoms with Gasteiger partial charge in [-0.25, -0.2) is 0 Å². The van der Waals surface area contributed by atoms with Crippen molar-refractivity contribution in [1.82, 2.24) is 5.32 Å². The lowest BCUT2D eigenvalue weighted by Crippen LogP contribution is -2.29. The lowest BCUT2D eigenvalue weighted by Gasteiger charge is -2.05. The average molecular weight is 242 g/mol. The number of halogens is 1. The van der Waals surface area contributed by atoms with E-state index in [9.17, 15) is 4.79 Å². The molecule has 15 heavy (non-hydrogen) atoms. The highest BCUT2D eigenvalue weighted by Crippen LogP contribution is 2.09. The molecule has 0 fully saturated rings. The van der Waals surface area contributed by atoms with E-state index in [-0.39, 0.29) is 5.91 Å². The highest BCUT2D eigenvalue weighted by Gasteiger charge is 2.05. The number of nitrogens with one attached hydrogen (secondary N) is 1. The van der Waals surface area contributed by atoms with Crippen LogP contribution in [0.4, 0.5) is 0 Å². The molecule has 80 valence electrons.